The van der Waals surface area contributed by atoms with Gasteiger partial charge < -0.3 is 38.8 Å². The minimum Gasteiger partial charge on any atom is -0.497 e. The number of carboxylic acids is 1. The molecule has 236 valence electrons. The molecule has 2 heterocycles. The van der Waals surface area contributed by atoms with E-state index < -0.39 is 5.97 Å². The van der Waals surface area contributed by atoms with E-state index in [4.69, 9.17) is 40.2 Å². The maximum Gasteiger partial charge on any atom is 0.374 e. The van der Waals surface area contributed by atoms with E-state index in [1.165, 1.54) is 6.07 Å². The summed E-state index contributed by atoms with van der Waals surface area (Å²) in [4.78, 5) is 26.5. The van der Waals surface area contributed by atoms with Crippen molar-refractivity contribution in [1.29, 1.82) is 0 Å². The Morgan fingerprint density at radius 2 is 1.62 bits per heavy atom. The van der Waals surface area contributed by atoms with E-state index >= 15 is 0 Å². The molecule has 11 nitrogen and oxygen atoms in total. The third-order valence-electron chi connectivity index (χ3n) is 7.54. The second-order valence-electron chi connectivity index (χ2n) is 10.5. The van der Waals surface area contributed by atoms with Gasteiger partial charge in [-0.25, -0.2) is 4.79 Å². The first kappa shape index (κ1) is 31.7. The Balaban J connectivity index is 1.23. The molecule has 1 amide bonds. The lowest BCUT2D eigenvalue weighted by molar-refractivity contribution is 0.0651. The highest BCUT2D eigenvalue weighted by atomic mass is 35.5. The lowest BCUT2D eigenvalue weighted by atomic mass is 10.1. The minimum atomic E-state index is -1.14. The molecule has 45 heavy (non-hydrogen) atoms. The van der Waals surface area contributed by atoms with Gasteiger partial charge in [-0.1, -0.05) is 41.0 Å². The Morgan fingerprint density at radius 3 is 2.22 bits per heavy atom. The van der Waals surface area contributed by atoms with Gasteiger partial charge in [-0.2, -0.15) is 0 Å². The third kappa shape index (κ3) is 8.05. The van der Waals surface area contributed by atoms with Gasteiger partial charge in [0.25, 0.3) is 5.91 Å². The van der Waals surface area contributed by atoms with Crippen molar-refractivity contribution in [2.45, 2.75) is 25.6 Å². The van der Waals surface area contributed by atoms with Crippen LogP contribution in [0.4, 0.5) is 0 Å². The van der Waals surface area contributed by atoms with E-state index in [0.29, 0.717) is 31.1 Å². The molecular weight excluding hydrogens is 602 g/mol. The van der Waals surface area contributed by atoms with Gasteiger partial charge in [0.1, 0.15) is 24.7 Å². The fraction of sp³-hybridized carbons (Fsp3) is 0.303. The van der Waals surface area contributed by atoms with E-state index in [0.717, 1.165) is 35.6 Å². The molecule has 1 saturated heterocycles. The van der Waals surface area contributed by atoms with Gasteiger partial charge >= 0.3 is 5.97 Å². The topological polar surface area (TPSA) is 133 Å². The lowest BCUT2D eigenvalue weighted by Crippen LogP contribution is -2.34. The Labute approximate surface area is 265 Å². The molecule has 0 aliphatic carbocycles. The van der Waals surface area contributed by atoms with Gasteiger partial charge in [-0.3, -0.25) is 4.79 Å². The second-order valence-corrected chi connectivity index (χ2v) is 10.9. The molecule has 5 rings (SSSR count). The molecule has 1 atom stereocenters. The maximum atomic E-state index is 13.2. The van der Waals surface area contributed by atoms with Crippen LogP contribution in [0.2, 0.25) is 5.02 Å². The van der Waals surface area contributed by atoms with Crippen LogP contribution in [0.15, 0.2) is 71.3 Å². The Morgan fingerprint density at radius 1 is 0.978 bits per heavy atom. The van der Waals surface area contributed by atoms with Gasteiger partial charge in [0.2, 0.25) is 5.76 Å². The maximum absolute atomic E-state index is 13.2. The van der Waals surface area contributed by atoms with Crippen molar-refractivity contribution in [1.82, 2.24) is 15.4 Å². The number of ether oxygens (including phenoxy) is 4. The average Bonchev–Trinajstić information content (AvgIpc) is 3.74. The molecule has 0 unspecified atom stereocenters. The van der Waals surface area contributed by atoms with Gasteiger partial charge in [0, 0.05) is 31.6 Å². The lowest BCUT2D eigenvalue weighted by Gasteiger charge is -2.18. The summed E-state index contributed by atoms with van der Waals surface area (Å²) >= 11 is 6.79. The highest BCUT2D eigenvalue weighted by molar-refractivity contribution is 6.35. The SMILES string of the molecule is COc1ccc(COc2ccc(C(=O)NCCN3CC[C@@H](c4cc(C(=O)O)on4)C3)c(Cl)c2OCc2ccc(OC)cc2)cc1. The van der Waals surface area contributed by atoms with E-state index in [2.05, 4.69) is 15.4 Å². The number of rotatable bonds is 14. The molecule has 12 heteroatoms. The van der Waals surface area contributed by atoms with E-state index in [1.54, 1.807) is 26.4 Å². The van der Waals surface area contributed by atoms with E-state index in [1.807, 2.05) is 48.5 Å². The number of nitrogens with one attached hydrogen (secondary N) is 1. The number of hydrogen-bond donors (Lipinski definition) is 2. The molecule has 1 fully saturated rings. The number of hydrogen-bond acceptors (Lipinski definition) is 9. The number of carbonyl (C=O) groups excluding carboxylic acids is 1. The summed E-state index contributed by atoms with van der Waals surface area (Å²) in [6, 6.07) is 19.7. The van der Waals surface area contributed by atoms with Gasteiger partial charge in [-0.05, 0) is 60.5 Å². The summed E-state index contributed by atoms with van der Waals surface area (Å²) in [5.41, 5.74) is 2.70. The van der Waals surface area contributed by atoms with Crippen LogP contribution in [-0.4, -0.2) is 67.4 Å². The third-order valence-corrected chi connectivity index (χ3v) is 7.92. The Hall–Kier alpha value is -4.74. The van der Waals surface area contributed by atoms with Crippen LogP contribution >= 0.6 is 11.6 Å². The van der Waals surface area contributed by atoms with Crippen molar-refractivity contribution in [3.8, 4) is 23.0 Å². The number of aromatic carboxylic acids is 1. The van der Waals surface area contributed by atoms with Crippen LogP contribution < -0.4 is 24.3 Å². The molecular formula is C33H34ClN3O8. The van der Waals surface area contributed by atoms with Crippen molar-refractivity contribution in [3.63, 3.8) is 0 Å². The number of carbonyl (C=O) groups is 2. The zero-order valence-corrected chi connectivity index (χ0v) is 25.7. The quantitative estimate of drug-likeness (QED) is 0.185. The number of amides is 1. The van der Waals surface area contributed by atoms with Gasteiger partial charge in [0.05, 0.1) is 30.5 Å². The highest BCUT2D eigenvalue weighted by Crippen LogP contribution is 2.39. The summed E-state index contributed by atoms with van der Waals surface area (Å²) in [7, 11) is 3.22. The number of nitrogens with zero attached hydrogens (tertiary/aromatic N) is 2. The molecule has 0 bridgehead atoms. The van der Waals surface area contributed by atoms with Crippen molar-refractivity contribution < 1.29 is 38.2 Å². The van der Waals surface area contributed by atoms with Crippen LogP contribution in [0.3, 0.4) is 0 Å². The smallest absolute Gasteiger partial charge is 0.374 e. The molecule has 0 saturated carbocycles. The molecule has 1 aliphatic rings. The predicted molar refractivity (Wildman–Crippen MR) is 166 cm³/mol. The average molecular weight is 636 g/mol. The van der Waals surface area contributed by atoms with Gasteiger partial charge in [-0.15, -0.1) is 0 Å². The molecule has 3 aromatic carbocycles. The Bertz CT molecular complexity index is 1610. The molecule has 0 radical (unpaired) electrons. The van der Waals surface area contributed by atoms with Crippen LogP contribution in [0.1, 0.15) is 50.1 Å². The van der Waals surface area contributed by atoms with Crippen molar-refractivity contribution in [3.05, 3.63) is 99.9 Å². The molecule has 4 aromatic rings. The first-order valence-corrected chi connectivity index (χ1v) is 14.8. The molecule has 1 aromatic heterocycles. The number of likely N-dealkylation sites (tertiary alicyclic amines) is 1. The second kappa shape index (κ2) is 14.8. The molecule has 2 N–H and O–H groups in total. The number of benzene rings is 3. The van der Waals surface area contributed by atoms with Crippen molar-refractivity contribution in [2.24, 2.45) is 0 Å². The number of methoxy groups -OCH3 is 2. The van der Waals surface area contributed by atoms with Crippen LogP contribution in [-0.2, 0) is 13.2 Å². The fourth-order valence-corrected chi connectivity index (χ4v) is 5.30. The normalized spacial score (nSPS) is 14.6. The highest BCUT2D eigenvalue weighted by Gasteiger charge is 2.27. The minimum absolute atomic E-state index is 0.0721. The first-order valence-electron chi connectivity index (χ1n) is 14.4. The molecule has 1 aliphatic heterocycles. The first-order chi connectivity index (χ1) is 21.8. The van der Waals surface area contributed by atoms with Crippen LogP contribution in [0.5, 0.6) is 23.0 Å². The van der Waals surface area contributed by atoms with E-state index in [9.17, 15) is 9.59 Å². The summed E-state index contributed by atoms with van der Waals surface area (Å²) < 4.78 is 27.6. The van der Waals surface area contributed by atoms with Crippen LogP contribution in [0.25, 0.3) is 0 Å². The van der Waals surface area contributed by atoms with Crippen molar-refractivity contribution in [2.75, 3.05) is 40.4 Å². The summed E-state index contributed by atoms with van der Waals surface area (Å²) in [6.07, 6.45) is 0.818. The number of carboxylic acid groups (broad SMARTS) is 1. The van der Waals surface area contributed by atoms with Gasteiger partial charge in [0.15, 0.2) is 11.5 Å². The predicted octanol–water partition coefficient (Wildman–Crippen LogP) is 5.42. The molecule has 0 spiro atoms. The summed E-state index contributed by atoms with van der Waals surface area (Å²) in [5, 5.41) is 16.1. The monoisotopic (exact) mass is 635 g/mol. The van der Waals surface area contributed by atoms with Crippen molar-refractivity contribution >= 4 is 23.5 Å². The summed E-state index contributed by atoms with van der Waals surface area (Å²) in [5.74, 6) is 0.570. The standard InChI is InChI=1S/C33H34ClN3O8/c1-41-24-7-3-21(4-8-24)19-43-28-12-11-26(30(34)31(28)44-20-22-5-9-25(42-2)10-6-22)32(38)35-14-16-37-15-13-23(18-37)27-17-29(33(39)40)45-36-27/h3-12,17,23H,13-16,18-20H2,1-2H3,(H,35,38)(H,39,40)/t23-/m1/s1. The summed E-state index contributed by atoms with van der Waals surface area (Å²) in [6.45, 7) is 2.93. The zero-order chi connectivity index (χ0) is 31.8. The number of halogens is 1. The largest absolute Gasteiger partial charge is 0.497 e. The fourth-order valence-electron chi connectivity index (χ4n) is 5.00. The van der Waals surface area contributed by atoms with E-state index in [-0.39, 0.29) is 47.1 Å². The number of aromatic nitrogens is 1. The van der Waals surface area contributed by atoms with Crippen LogP contribution in [0, 0.1) is 0 Å². The Kier molecular flexibility index (Phi) is 10.4. The zero-order valence-electron chi connectivity index (χ0n) is 25.0.